The lowest BCUT2D eigenvalue weighted by atomic mass is 9.91. The Hall–Kier alpha value is -2.04. The number of nitrogens with zero attached hydrogens (tertiary/aromatic N) is 2. The molecule has 0 aromatic heterocycles. The highest BCUT2D eigenvalue weighted by Crippen LogP contribution is 2.35. The predicted molar refractivity (Wildman–Crippen MR) is 112 cm³/mol. The number of carbonyl (C=O) groups is 4. The molecule has 10 nitrogen and oxygen atoms in total. The van der Waals surface area contributed by atoms with Crippen LogP contribution in [0, 0.1) is 11.8 Å². The van der Waals surface area contributed by atoms with E-state index in [1.807, 2.05) is 6.92 Å². The van der Waals surface area contributed by atoms with Gasteiger partial charge in [-0.2, -0.15) is 4.48 Å². The third kappa shape index (κ3) is 6.47. The monoisotopic (exact) mass is 441 g/mol. The minimum atomic E-state index is -0.672. The Kier molecular flexibility index (Phi) is 9.86. The Morgan fingerprint density at radius 3 is 2.52 bits per heavy atom. The van der Waals surface area contributed by atoms with Gasteiger partial charge in [-0.25, -0.2) is 24.8 Å². The van der Waals surface area contributed by atoms with Gasteiger partial charge in [0.2, 0.25) is 6.41 Å². The number of likely N-dealkylation sites (tertiary alicyclic amines) is 1. The molecule has 0 aromatic rings. The molecule has 1 aliphatic carbocycles. The number of ether oxygens (including phenoxy) is 1. The van der Waals surface area contributed by atoms with Gasteiger partial charge in [-0.05, 0) is 25.7 Å². The summed E-state index contributed by atoms with van der Waals surface area (Å²) in [5.74, 6) is -0.670. The lowest BCUT2D eigenvalue weighted by Gasteiger charge is -2.36. The molecule has 0 spiro atoms. The fourth-order valence-corrected chi connectivity index (χ4v) is 4.96. The summed E-state index contributed by atoms with van der Waals surface area (Å²) < 4.78 is 4.46. The number of hydroxylamine groups is 2. The van der Waals surface area contributed by atoms with E-state index >= 15 is 0 Å². The lowest BCUT2D eigenvalue weighted by Crippen LogP contribution is -2.66. The first-order valence-electron chi connectivity index (χ1n) is 11.3. The number of imide groups is 2. The number of quaternary nitrogens is 1. The Labute approximate surface area is 183 Å². The molecule has 2 aliphatic rings. The number of amides is 6. The third-order valence-electron chi connectivity index (χ3n) is 6.64. The van der Waals surface area contributed by atoms with Gasteiger partial charge in [-0.15, -0.1) is 0 Å². The minimum Gasteiger partial charge on any atom is -0.385 e. The molecular formula is C21H37N4O6+. The maximum atomic E-state index is 13.7. The van der Waals surface area contributed by atoms with Crippen molar-refractivity contribution in [2.45, 2.75) is 64.3 Å². The van der Waals surface area contributed by atoms with Crippen molar-refractivity contribution in [3.05, 3.63) is 0 Å². The summed E-state index contributed by atoms with van der Waals surface area (Å²) in [6.45, 7) is 2.82. The van der Waals surface area contributed by atoms with Gasteiger partial charge in [-0.3, -0.25) is 10.0 Å². The van der Waals surface area contributed by atoms with E-state index in [0.717, 1.165) is 25.7 Å². The fraction of sp³-hybridized carbons (Fsp3) is 0.810. The van der Waals surface area contributed by atoms with Crippen molar-refractivity contribution >= 4 is 24.4 Å². The molecule has 3 atom stereocenters. The van der Waals surface area contributed by atoms with Crippen LogP contribution in [0.5, 0.6) is 0 Å². The third-order valence-corrected chi connectivity index (χ3v) is 6.64. The number of nitrogens with one attached hydrogen (secondary N) is 2. The number of hydrogen-bond donors (Lipinski definition) is 3. The van der Waals surface area contributed by atoms with Crippen molar-refractivity contribution in [1.29, 1.82) is 0 Å². The lowest BCUT2D eigenvalue weighted by molar-refractivity contribution is -0.786. The Morgan fingerprint density at radius 1 is 1.23 bits per heavy atom. The van der Waals surface area contributed by atoms with Gasteiger partial charge in [0, 0.05) is 33.1 Å². The largest absolute Gasteiger partial charge is 0.432 e. The zero-order chi connectivity index (χ0) is 22.9. The molecule has 176 valence electrons. The zero-order valence-corrected chi connectivity index (χ0v) is 18.7. The topological polar surface area (TPSA) is 125 Å². The first-order chi connectivity index (χ1) is 14.8. The molecular weight excluding hydrogens is 404 g/mol. The van der Waals surface area contributed by atoms with Crippen molar-refractivity contribution in [2.24, 2.45) is 11.8 Å². The van der Waals surface area contributed by atoms with Crippen LogP contribution in [0.4, 0.5) is 9.59 Å². The summed E-state index contributed by atoms with van der Waals surface area (Å²) in [5, 5.41) is 15.2. The highest BCUT2D eigenvalue weighted by atomic mass is 16.5. The zero-order valence-electron chi connectivity index (χ0n) is 18.7. The normalized spacial score (nSPS) is 24.5. The van der Waals surface area contributed by atoms with Gasteiger partial charge in [0.1, 0.15) is 6.04 Å². The number of urea groups is 2. The maximum Gasteiger partial charge on any atom is 0.432 e. The van der Waals surface area contributed by atoms with Crippen LogP contribution < -0.4 is 10.6 Å². The van der Waals surface area contributed by atoms with Crippen LogP contribution in [0.3, 0.4) is 0 Å². The van der Waals surface area contributed by atoms with Crippen LogP contribution in [0.15, 0.2) is 0 Å². The Balaban J connectivity index is 2.16. The summed E-state index contributed by atoms with van der Waals surface area (Å²) in [7, 11) is 1.57. The Bertz CT molecular complexity index is 639. The quantitative estimate of drug-likeness (QED) is 0.157. The van der Waals surface area contributed by atoms with Crippen molar-refractivity contribution < 1.29 is 33.6 Å². The highest BCUT2D eigenvalue weighted by molar-refractivity contribution is 5.95. The molecule has 2 fully saturated rings. The van der Waals surface area contributed by atoms with Crippen molar-refractivity contribution in [1.82, 2.24) is 15.7 Å². The van der Waals surface area contributed by atoms with Crippen molar-refractivity contribution in [3.8, 4) is 0 Å². The summed E-state index contributed by atoms with van der Waals surface area (Å²) in [5.41, 5.74) is 0. The average molecular weight is 442 g/mol. The molecule has 3 N–H and O–H groups in total. The van der Waals surface area contributed by atoms with Gasteiger partial charge in [0.15, 0.2) is 0 Å². The summed E-state index contributed by atoms with van der Waals surface area (Å²) in [6.07, 6.45) is 6.97. The van der Waals surface area contributed by atoms with Crippen LogP contribution in [0.25, 0.3) is 0 Å². The molecule has 10 heteroatoms. The van der Waals surface area contributed by atoms with E-state index in [4.69, 9.17) is 4.74 Å². The summed E-state index contributed by atoms with van der Waals surface area (Å²) in [6, 6.07) is -1.58. The Morgan fingerprint density at radius 2 is 1.94 bits per heavy atom. The number of hydrogen-bond acceptors (Lipinski definition) is 6. The second kappa shape index (κ2) is 12.1. The smallest absolute Gasteiger partial charge is 0.385 e. The van der Waals surface area contributed by atoms with Crippen LogP contribution in [-0.2, 0) is 14.3 Å². The van der Waals surface area contributed by atoms with E-state index in [9.17, 15) is 24.4 Å². The highest BCUT2D eigenvalue weighted by Gasteiger charge is 2.55. The molecule has 1 aliphatic heterocycles. The molecule has 1 saturated heterocycles. The minimum absolute atomic E-state index is 0.151. The van der Waals surface area contributed by atoms with Crippen LogP contribution in [0.1, 0.15) is 58.3 Å². The molecule has 1 heterocycles. The molecule has 31 heavy (non-hydrogen) atoms. The number of methoxy groups -OCH3 is 1. The average Bonchev–Trinajstić information content (AvgIpc) is 3.40. The molecule has 2 rings (SSSR count). The van der Waals surface area contributed by atoms with Gasteiger partial charge >= 0.3 is 18.0 Å². The van der Waals surface area contributed by atoms with E-state index in [-0.39, 0.29) is 24.9 Å². The molecule has 0 bridgehead atoms. The van der Waals surface area contributed by atoms with E-state index in [0.29, 0.717) is 56.4 Å². The standard InChI is InChI=1S/C21H36N4O6/c1-16-7-5-11-25(16,21(29)23-20(28)22-10-6-12-31-2)19(27)18(14-24(30)15-26)13-17-8-3-4-9-17/h15-18,30H,3-14H2,1-2H3,(H-,22,23,28,29)/p+1/t16-,18-,25?/m1/s1. The summed E-state index contributed by atoms with van der Waals surface area (Å²) in [4.78, 5) is 50.2. The molecule has 1 saturated carbocycles. The van der Waals surface area contributed by atoms with Crippen LogP contribution >= 0.6 is 0 Å². The number of carbonyl (C=O) groups excluding carboxylic acids is 4. The fourth-order valence-electron chi connectivity index (χ4n) is 4.96. The molecule has 6 amide bonds. The maximum absolute atomic E-state index is 13.7. The molecule has 0 radical (unpaired) electrons. The van der Waals surface area contributed by atoms with Crippen LogP contribution in [-0.4, -0.2) is 78.5 Å². The summed E-state index contributed by atoms with van der Waals surface area (Å²) >= 11 is 0. The first kappa shape index (κ1) is 25.2. The van der Waals surface area contributed by atoms with Gasteiger partial charge in [0.25, 0.3) is 0 Å². The first-order valence-corrected chi connectivity index (χ1v) is 11.3. The molecule has 0 aromatic carbocycles. The van der Waals surface area contributed by atoms with E-state index < -0.39 is 22.5 Å². The molecule has 1 unspecified atom stereocenters. The van der Waals surface area contributed by atoms with E-state index in [1.165, 1.54) is 0 Å². The number of rotatable bonds is 10. The second-order valence-electron chi connectivity index (χ2n) is 8.76. The van der Waals surface area contributed by atoms with Crippen molar-refractivity contribution in [2.75, 3.05) is 33.4 Å². The van der Waals surface area contributed by atoms with E-state index in [1.54, 1.807) is 7.11 Å². The van der Waals surface area contributed by atoms with Crippen LogP contribution in [0.2, 0.25) is 0 Å². The van der Waals surface area contributed by atoms with Gasteiger partial charge in [0.05, 0.1) is 19.0 Å². The predicted octanol–water partition coefficient (Wildman–Crippen LogP) is 2.01. The van der Waals surface area contributed by atoms with Gasteiger partial charge < -0.3 is 10.1 Å². The van der Waals surface area contributed by atoms with Gasteiger partial charge in [-0.1, -0.05) is 25.7 Å². The second-order valence-corrected chi connectivity index (χ2v) is 8.76. The van der Waals surface area contributed by atoms with E-state index in [2.05, 4.69) is 10.6 Å². The SMILES string of the molecule is COCCCNC(=O)NC(=O)[N+]1(C(=O)[C@H](CC2CCCC2)CN(O)C=O)CCC[C@H]1C. The van der Waals surface area contributed by atoms with Crippen molar-refractivity contribution in [3.63, 3.8) is 0 Å².